The van der Waals surface area contributed by atoms with Gasteiger partial charge >= 0.3 is 5.97 Å². The number of ether oxygens (including phenoxy) is 1. The summed E-state index contributed by atoms with van der Waals surface area (Å²) < 4.78 is 5.13. The molecule has 3 aliphatic carbocycles. The molecule has 2 bridgehead atoms. The molecule has 0 spiro atoms. The van der Waals surface area contributed by atoms with Crippen LogP contribution in [-0.4, -0.2) is 12.6 Å². The number of carbonyl (C=O) groups is 1. The van der Waals surface area contributed by atoms with Crippen LogP contribution in [0.5, 0.6) is 0 Å². The first-order valence-electron chi connectivity index (χ1n) is 5.65. The standard InChI is InChI=1S/C12H20O2/c1-8(13)14-7-9-4-5-10-6-11(9)12(10,2)3/h9-11H,4-7H2,1-3H3/t9-,10-,11-/m1/s1. The van der Waals surface area contributed by atoms with Crippen LogP contribution in [0.25, 0.3) is 0 Å². The lowest BCUT2D eigenvalue weighted by Gasteiger charge is -2.60. The average molecular weight is 196 g/mol. The van der Waals surface area contributed by atoms with Crippen LogP contribution in [0.2, 0.25) is 0 Å². The molecule has 3 fully saturated rings. The quantitative estimate of drug-likeness (QED) is 0.635. The van der Waals surface area contributed by atoms with Crippen molar-refractivity contribution in [1.82, 2.24) is 0 Å². The zero-order chi connectivity index (χ0) is 10.3. The summed E-state index contributed by atoms with van der Waals surface area (Å²) >= 11 is 0. The van der Waals surface area contributed by atoms with Gasteiger partial charge in [-0.25, -0.2) is 0 Å². The van der Waals surface area contributed by atoms with Gasteiger partial charge in [0.15, 0.2) is 0 Å². The molecule has 2 nitrogen and oxygen atoms in total. The van der Waals surface area contributed by atoms with Gasteiger partial charge in [-0.1, -0.05) is 13.8 Å². The molecule has 0 saturated heterocycles. The Hall–Kier alpha value is -0.530. The highest BCUT2D eigenvalue weighted by Crippen LogP contribution is 2.61. The Balaban J connectivity index is 1.91. The molecule has 0 aliphatic heterocycles. The van der Waals surface area contributed by atoms with E-state index in [-0.39, 0.29) is 5.97 Å². The highest BCUT2D eigenvalue weighted by molar-refractivity contribution is 5.65. The predicted molar refractivity (Wildman–Crippen MR) is 54.7 cm³/mol. The molecule has 3 aliphatic rings. The van der Waals surface area contributed by atoms with Crippen molar-refractivity contribution in [2.24, 2.45) is 23.2 Å². The first-order chi connectivity index (χ1) is 6.51. The van der Waals surface area contributed by atoms with Gasteiger partial charge in [-0.05, 0) is 42.4 Å². The molecule has 3 atom stereocenters. The van der Waals surface area contributed by atoms with Crippen molar-refractivity contribution in [3.63, 3.8) is 0 Å². The first-order valence-corrected chi connectivity index (χ1v) is 5.65. The summed E-state index contributed by atoms with van der Waals surface area (Å²) in [7, 11) is 0. The summed E-state index contributed by atoms with van der Waals surface area (Å²) in [6.07, 6.45) is 3.94. The first kappa shape index (κ1) is 10.0. The van der Waals surface area contributed by atoms with Gasteiger partial charge in [-0.3, -0.25) is 4.79 Å². The average Bonchev–Trinajstić information content (AvgIpc) is 2.14. The Morgan fingerprint density at radius 2 is 2.14 bits per heavy atom. The van der Waals surface area contributed by atoms with E-state index in [1.807, 2.05) is 0 Å². The van der Waals surface area contributed by atoms with Gasteiger partial charge < -0.3 is 4.74 Å². The van der Waals surface area contributed by atoms with Crippen LogP contribution in [0.4, 0.5) is 0 Å². The molecule has 0 radical (unpaired) electrons. The van der Waals surface area contributed by atoms with E-state index in [0.29, 0.717) is 17.9 Å². The van der Waals surface area contributed by atoms with E-state index in [4.69, 9.17) is 4.74 Å². The summed E-state index contributed by atoms with van der Waals surface area (Å²) in [5, 5.41) is 0. The molecular formula is C12H20O2. The Kier molecular flexibility index (Phi) is 2.32. The molecule has 80 valence electrons. The molecule has 3 saturated carbocycles. The molecule has 14 heavy (non-hydrogen) atoms. The Labute approximate surface area is 86.0 Å². The largest absolute Gasteiger partial charge is 0.466 e. The van der Waals surface area contributed by atoms with Crippen molar-refractivity contribution in [3.05, 3.63) is 0 Å². The molecule has 0 aromatic rings. The van der Waals surface area contributed by atoms with Gasteiger partial charge in [-0.2, -0.15) is 0 Å². The van der Waals surface area contributed by atoms with Crippen molar-refractivity contribution in [2.75, 3.05) is 6.61 Å². The van der Waals surface area contributed by atoms with Gasteiger partial charge in [0.25, 0.3) is 0 Å². The summed E-state index contributed by atoms with van der Waals surface area (Å²) in [5.74, 6) is 2.21. The SMILES string of the molecule is CC(=O)OC[C@H]1CC[C@@H]2C[C@H]1C2(C)C. The van der Waals surface area contributed by atoms with Crippen LogP contribution in [-0.2, 0) is 9.53 Å². The third-order valence-corrected chi connectivity index (χ3v) is 4.50. The summed E-state index contributed by atoms with van der Waals surface area (Å²) in [5.41, 5.74) is 0.503. The molecule has 0 amide bonds. The minimum Gasteiger partial charge on any atom is -0.466 e. The highest BCUT2D eigenvalue weighted by Gasteiger charge is 2.54. The lowest BCUT2D eigenvalue weighted by atomic mass is 9.46. The van der Waals surface area contributed by atoms with Crippen LogP contribution in [0.1, 0.15) is 40.0 Å². The third kappa shape index (κ3) is 1.45. The van der Waals surface area contributed by atoms with E-state index in [1.54, 1.807) is 0 Å². The van der Waals surface area contributed by atoms with Gasteiger partial charge in [0.05, 0.1) is 6.61 Å². The van der Waals surface area contributed by atoms with Gasteiger partial charge in [0.2, 0.25) is 0 Å². The van der Waals surface area contributed by atoms with Crippen LogP contribution in [0.3, 0.4) is 0 Å². The number of hydrogen-bond acceptors (Lipinski definition) is 2. The topological polar surface area (TPSA) is 26.3 Å². The number of fused-ring (bicyclic) bond motifs is 2. The summed E-state index contributed by atoms with van der Waals surface area (Å²) in [6.45, 7) is 6.88. The summed E-state index contributed by atoms with van der Waals surface area (Å²) in [4.78, 5) is 10.7. The van der Waals surface area contributed by atoms with Crippen LogP contribution < -0.4 is 0 Å². The molecule has 3 rings (SSSR count). The Bertz CT molecular complexity index is 243. The van der Waals surface area contributed by atoms with E-state index >= 15 is 0 Å². The Morgan fingerprint density at radius 1 is 1.43 bits per heavy atom. The van der Waals surface area contributed by atoms with Gasteiger partial charge in [-0.15, -0.1) is 0 Å². The monoisotopic (exact) mass is 196 g/mol. The summed E-state index contributed by atoms with van der Waals surface area (Å²) in [6, 6.07) is 0. The van der Waals surface area contributed by atoms with Crippen LogP contribution in [0, 0.1) is 23.2 Å². The molecule has 0 aromatic heterocycles. The second kappa shape index (κ2) is 3.25. The minimum atomic E-state index is -0.135. The molecule has 2 heteroatoms. The van der Waals surface area contributed by atoms with E-state index in [1.165, 1.54) is 26.2 Å². The van der Waals surface area contributed by atoms with Crippen molar-refractivity contribution >= 4 is 5.97 Å². The number of hydrogen-bond donors (Lipinski definition) is 0. The van der Waals surface area contributed by atoms with Crippen molar-refractivity contribution in [1.29, 1.82) is 0 Å². The predicted octanol–water partition coefficient (Wildman–Crippen LogP) is 2.62. The number of esters is 1. The van der Waals surface area contributed by atoms with Gasteiger partial charge in [0.1, 0.15) is 0 Å². The second-order valence-corrected chi connectivity index (χ2v) is 5.50. The lowest BCUT2D eigenvalue weighted by molar-refractivity contribution is -0.153. The molecule has 0 unspecified atom stereocenters. The maximum Gasteiger partial charge on any atom is 0.302 e. The lowest BCUT2D eigenvalue weighted by Crippen LogP contribution is -2.53. The normalized spacial score (nSPS) is 38.6. The number of rotatable bonds is 2. The van der Waals surface area contributed by atoms with E-state index in [2.05, 4.69) is 13.8 Å². The fourth-order valence-corrected chi connectivity index (χ4v) is 3.39. The van der Waals surface area contributed by atoms with E-state index < -0.39 is 0 Å². The van der Waals surface area contributed by atoms with Crippen molar-refractivity contribution in [2.45, 2.75) is 40.0 Å². The maximum atomic E-state index is 10.7. The second-order valence-electron chi connectivity index (χ2n) is 5.50. The smallest absolute Gasteiger partial charge is 0.302 e. The molecule has 0 heterocycles. The molecule has 0 aromatic carbocycles. The fourth-order valence-electron chi connectivity index (χ4n) is 3.39. The van der Waals surface area contributed by atoms with Gasteiger partial charge in [0, 0.05) is 6.92 Å². The highest BCUT2D eigenvalue weighted by atomic mass is 16.5. The fraction of sp³-hybridized carbons (Fsp3) is 0.917. The minimum absolute atomic E-state index is 0.135. The number of carbonyl (C=O) groups excluding carboxylic acids is 1. The van der Waals surface area contributed by atoms with Crippen LogP contribution in [0.15, 0.2) is 0 Å². The van der Waals surface area contributed by atoms with E-state index in [9.17, 15) is 4.79 Å². The Morgan fingerprint density at radius 3 is 2.64 bits per heavy atom. The maximum absolute atomic E-state index is 10.7. The zero-order valence-electron chi connectivity index (χ0n) is 9.38. The van der Waals surface area contributed by atoms with Crippen molar-refractivity contribution < 1.29 is 9.53 Å². The molecular weight excluding hydrogens is 176 g/mol. The van der Waals surface area contributed by atoms with Crippen LogP contribution >= 0.6 is 0 Å². The third-order valence-electron chi connectivity index (χ3n) is 4.50. The van der Waals surface area contributed by atoms with Crippen molar-refractivity contribution in [3.8, 4) is 0 Å². The zero-order valence-corrected chi connectivity index (χ0v) is 9.38. The molecule has 0 N–H and O–H groups in total. The van der Waals surface area contributed by atoms with E-state index in [0.717, 1.165) is 11.8 Å².